The fraction of sp³-hybridized carbons (Fsp3) is 0.375. The van der Waals surface area contributed by atoms with Crippen LogP contribution in [0.1, 0.15) is 23.4 Å². The predicted molar refractivity (Wildman–Crippen MR) is 54.8 cm³/mol. The Kier molecular flexibility index (Phi) is 4.05. The van der Waals surface area contributed by atoms with E-state index in [-0.39, 0.29) is 3.57 Å². The summed E-state index contributed by atoms with van der Waals surface area (Å²) < 4.78 is 61.8. The standard InChI is InChI=1S/C8H6F5IN2/c9-7(10)6-3(14)1-5(8(11,12)13)16-4(6)2-15/h1,7H,2,15H2. The molecule has 0 bridgehead atoms. The van der Waals surface area contributed by atoms with Crippen molar-refractivity contribution in [2.75, 3.05) is 0 Å². The van der Waals surface area contributed by atoms with Crippen LogP contribution in [0.15, 0.2) is 6.07 Å². The lowest BCUT2D eigenvalue weighted by Crippen LogP contribution is -2.15. The molecule has 0 radical (unpaired) electrons. The van der Waals surface area contributed by atoms with E-state index < -0.39 is 36.1 Å². The average Bonchev–Trinajstić information content (AvgIpc) is 2.14. The van der Waals surface area contributed by atoms with E-state index >= 15 is 0 Å². The second kappa shape index (κ2) is 4.78. The zero-order valence-corrected chi connectivity index (χ0v) is 9.81. The molecule has 1 aromatic heterocycles. The minimum Gasteiger partial charge on any atom is -0.325 e. The zero-order valence-electron chi connectivity index (χ0n) is 7.65. The summed E-state index contributed by atoms with van der Waals surface area (Å²) >= 11 is 1.41. The van der Waals surface area contributed by atoms with Gasteiger partial charge in [0.15, 0.2) is 0 Å². The summed E-state index contributed by atoms with van der Waals surface area (Å²) in [6.07, 6.45) is -7.55. The Morgan fingerprint density at radius 1 is 1.38 bits per heavy atom. The van der Waals surface area contributed by atoms with Gasteiger partial charge < -0.3 is 5.73 Å². The quantitative estimate of drug-likeness (QED) is 0.656. The molecule has 2 N–H and O–H groups in total. The van der Waals surface area contributed by atoms with E-state index in [0.717, 1.165) is 0 Å². The second-order valence-electron chi connectivity index (χ2n) is 2.85. The lowest BCUT2D eigenvalue weighted by molar-refractivity contribution is -0.141. The van der Waals surface area contributed by atoms with Gasteiger partial charge in [-0.2, -0.15) is 13.2 Å². The van der Waals surface area contributed by atoms with Gasteiger partial charge in [-0.05, 0) is 28.7 Å². The molecule has 0 amide bonds. The molecule has 0 saturated carbocycles. The van der Waals surface area contributed by atoms with Gasteiger partial charge in [-0.15, -0.1) is 0 Å². The molecule has 16 heavy (non-hydrogen) atoms. The van der Waals surface area contributed by atoms with Crippen LogP contribution in [0.25, 0.3) is 0 Å². The Hall–Kier alpha value is -0.510. The highest BCUT2D eigenvalue weighted by molar-refractivity contribution is 14.1. The number of hydrogen-bond donors (Lipinski definition) is 1. The summed E-state index contributed by atoms with van der Waals surface area (Å²) in [5.41, 5.74) is 2.94. The third-order valence-corrected chi connectivity index (χ3v) is 2.68. The van der Waals surface area contributed by atoms with Gasteiger partial charge >= 0.3 is 6.18 Å². The van der Waals surface area contributed by atoms with E-state index in [1.165, 1.54) is 22.6 Å². The van der Waals surface area contributed by atoms with Gasteiger partial charge in [0.25, 0.3) is 6.43 Å². The lowest BCUT2D eigenvalue weighted by Gasteiger charge is -2.13. The Morgan fingerprint density at radius 3 is 2.31 bits per heavy atom. The van der Waals surface area contributed by atoms with Crippen molar-refractivity contribution in [3.8, 4) is 0 Å². The highest BCUT2D eigenvalue weighted by Gasteiger charge is 2.34. The maximum atomic E-state index is 12.5. The Balaban J connectivity index is 3.38. The SMILES string of the molecule is NCc1nc(C(F)(F)F)cc(I)c1C(F)F. The molecule has 0 atom stereocenters. The maximum absolute atomic E-state index is 12.5. The van der Waals surface area contributed by atoms with Crippen molar-refractivity contribution in [3.63, 3.8) is 0 Å². The van der Waals surface area contributed by atoms with E-state index in [0.29, 0.717) is 6.07 Å². The fourth-order valence-corrected chi connectivity index (χ4v) is 1.95. The summed E-state index contributed by atoms with van der Waals surface area (Å²) in [6.45, 7) is -0.459. The third-order valence-electron chi connectivity index (χ3n) is 1.79. The summed E-state index contributed by atoms with van der Waals surface area (Å²) in [6, 6.07) is 0.585. The van der Waals surface area contributed by atoms with Crippen LogP contribution in [0.4, 0.5) is 22.0 Å². The van der Waals surface area contributed by atoms with Gasteiger partial charge in [0, 0.05) is 10.1 Å². The van der Waals surface area contributed by atoms with Crippen molar-refractivity contribution in [3.05, 3.63) is 26.6 Å². The van der Waals surface area contributed by atoms with Crippen LogP contribution in [0, 0.1) is 3.57 Å². The number of nitrogens with zero attached hydrogens (tertiary/aromatic N) is 1. The fourth-order valence-electron chi connectivity index (χ4n) is 1.10. The molecule has 8 heteroatoms. The minimum atomic E-state index is -4.66. The molecule has 0 aliphatic rings. The van der Waals surface area contributed by atoms with Gasteiger partial charge in [0.05, 0.1) is 11.3 Å². The van der Waals surface area contributed by atoms with Gasteiger partial charge in [-0.1, -0.05) is 0 Å². The lowest BCUT2D eigenvalue weighted by atomic mass is 10.1. The van der Waals surface area contributed by atoms with Crippen LogP contribution in [0.5, 0.6) is 0 Å². The maximum Gasteiger partial charge on any atom is 0.433 e. The number of hydrogen-bond acceptors (Lipinski definition) is 2. The highest BCUT2D eigenvalue weighted by Crippen LogP contribution is 2.33. The zero-order chi connectivity index (χ0) is 12.5. The molecule has 0 spiro atoms. The number of aromatic nitrogens is 1. The number of pyridine rings is 1. The first-order valence-electron chi connectivity index (χ1n) is 4.02. The molecule has 90 valence electrons. The van der Waals surface area contributed by atoms with Crippen molar-refractivity contribution in [1.82, 2.24) is 4.98 Å². The highest BCUT2D eigenvalue weighted by atomic mass is 127. The normalized spacial score (nSPS) is 12.2. The molecular formula is C8H6F5IN2. The van der Waals surface area contributed by atoms with E-state index in [2.05, 4.69) is 4.98 Å². The monoisotopic (exact) mass is 352 g/mol. The van der Waals surface area contributed by atoms with Crippen molar-refractivity contribution in [1.29, 1.82) is 0 Å². The third kappa shape index (κ3) is 2.78. The van der Waals surface area contributed by atoms with Gasteiger partial charge in [-0.3, -0.25) is 0 Å². The van der Waals surface area contributed by atoms with E-state index in [9.17, 15) is 22.0 Å². The van der Waals surface area contributed by atoms with Gasteiger partial charge in [0.1, 0.15) is 5.69 Å². The van der Waals surface area contributed by atoms with E-state index in [4.69, 9.17) is 5.73 Å². The molecular weight excluding hydrogens is 346 g/mol. The molecule has 1 heterocycles. The van der Waals surface area contributed by atoms with Crippen molar-refractivity contribution in [2.24, 2.45) is 5.73 Å². The average molecular weight is 352 g/mol. The molecule has 0 aromatic carbocycles. The summed E-state index contributed by atoms with van der Waals surface area (Å²) in [4.78, 5) is 3.11. The van der Waals surface area contributed by atoms with Crippen LogP contribution in [-0.2, 0) is 12.7 Å². The van der Waals surface area contributed by atoms with Crippen molar-refractivity contribution >= 4 is 22.6 Å². The number of halogens is 6. The molecule has 0 unspecified atom stereocenters. The Morgan fingerprint density at radius 2 is 1.94 bits per heavy atom. The largest absolute Gasteiger partial charge is 0.433 e. The molecule has 1 rings (SSSR count). The Labute approximate surface area is 101 Å². The second-order valence-corrected chi connectivity index (χ2v) is 4.01. The predicted octanol–water partition coefficient (Wildman–Crippen LogP) is 3.10. The van der Waals surface area contributed by atoms with Gasteiger partial charge in [-0.25, -0.2) is 13.8 Å². The molecule has 0 aliphatic carbocycles. The van der Waals surface area contributed by atoms with Crippen LogP contribution >= 0.6 is 22.6 Å². The molecule has 0 aliphatic heterocycles. The van der Waals surface area contributed by atoms with Crippen LogP contribution in [0.2, 0.25) is 0 Å². The first kappa shape index (κ1) is 13.6. The van der Waals surface area contributed by atoms with Crippen molar-refractivity contribution in [2.45, 2.75) is 19.1 Å². The van der Waals surface area contributed by atoms with Gasteiger partial charge in [0.2, 0.25) is 0 Å². The van der Waals surface area contributed by atoms with Crippen LogP contribution < -0.4 is 5.73 Å². The smallest absolute Gasteiger partial charge is 0.325 e. The number of alkyl halides is 5. The van der Waals surface area contributed by atoms with E-state index in [1.54, 1.807) is 0 Å². The number of rotatable bonds is 2. The van der Waals surface area contributed by atoms with Crippen LogP contribution in [-0.4, -0.2) is 4.98 Å². The first-order chi connectivity index (χ1) is 7.27. The molecule has 2 nitrogen and oxygen atoms in total. The molecule has 1 aromatic rings. The minimum absolute atomic E-state index is 0.185. The summed E-state index contributed by atoms with van der Waals surface area (Å²) in [5, 5.41) is 0. The van der Waals surface area contributed by atoms with Crippen molar-refractivity contribution < 1.29 is 22.0 Å². The number of nitrogens with two attached hydrogens (primary N) is 1. The molecule has 0 fully saturated rings. The summed E-state index contributed by atoms with van der Waals surface area (Å²) in [7, 11) is 0. The van der Waals surface area contributed by atoms with E-state index in [1.807, 2.05) is 0 Å². The van der Waals surface area contributed by atoms with Crippen LogP contribution in [0.3, 0.4) is 0 Å². The Bertz CT molecular complexity index is 391. The molecule has 0 saturated heterocycles. The summed E-state index contributed by atoms with van der Waals surface area (Å²) in [5.74, 6) is 0. The topological polar surface area (TPSA) is 38.9 Å². The first-order valence-corrected chi connectivity index (χ1v) is 5.10.